The summed E-state index contributed by atoms with van der Waals surface area (Å²) in [5.41, 5.74) is 6.19. The predicted molar refractivity (Wildman–Crippen MR) is 77.1 cm³/mol. The summed E-state index contributed by atoms with van der Waals surface area (Å²) in [5, 5.41) is 3.02. The Hall–Kier alpha value is -2.02. The third-order valence-electron chi connectivity index (χ3n) is 3.31. The molecule has 0 amide bonds. The van der Waals surface area contributed by atoms with Crippen molar-refractivity contribution in [3.05, 3.63) is 23.2 Å². The highest BCUT2D eigenvalue weighted by molar-refractivity contribution is 5.90. The number of nitrogens with zero attached hydrogens (tertiary/aromatic N) is 1. The molecule has 1 aliphatic rings. The van der Waals surface area contributed by atoms with Gasteiger partial charge in [-0.1, -0.05) is 0 Å². The van der Waals surface area contributed by atoms with Crippen LogP contribution in [0.3, 0.4) is 0 Å². The van der Waals surface area contributed by atoms with Gasteiger partial charge in [-0.2, -0.15) is 0 Å². The van der Waals surface area contributed by atoms with Crippen molar-refractivity contribution >= 4 is 11.9 Å². The SMILES string of the molecule is COC(=O)c1cc(CN=C(N)NC[C@H]2CCCO2)oc1C. The summed E-state index contributed by atoms with van der Waals surface area (Å²) in [7, 11) is 1.33. The van der Waals surface area contributed by atoms with Gasteiger partial charge in [0, 0.05) is 13.2 Å². The Balaban J connectivity index is 1.86. The van der Waals surface area contributed by atoms with E-state index in [9.17, 15) is 4.79 Å². The number of carbonyl (C=O) groups is 1. The second kappa shape index (κ2) is 7.12. The minimum Gasteiger partial charge on any atom is -0.465 e. The van der Waals surface area contributed by atoms with E-state index in [0.717, 1.165) is 19.4 Å². The molecule has 1 aliphatic heterocycles. The number of guanidine groups is 1. The van der Waals surface area contributed by atoms with Gasteiger partial charge in [0.05, 0.1) is 13.2 Å². The molecule has 0 radical (unpaired) electrons. The summed E-state index contributed by atoms with van der Waals surface area (Å²) in [5.74, 6) is 0.989. The Morgan fingerprint density at radius 2 is 2.43 bits per heavy atom. The summed E-state index contributed by atoms with van der Waals surface area (Å²) in [6.07, 6.45) is 2.33. The molecule has 0 spiro atoms. The van der Waals surface area contributed by atoms with E-state index in [1.54, 1.807) is 13.0 Å². The molecule has 2 heterocycles. The second-order valence-electron chi connectivity index (χ2n) is 4.89. The molecule has 7 heteroatoms. The molecule has 1 atom stereocenters. The fourth-order valence-electron chi connectivity index (χ4n) is 2.18. The van der Waals surface area contributed by atoms with Crippen LogP contribution in [0.5, 0.6) is 0 Å². The summed E-state index contributed by atoms with van der Waals surface area (Å²) in [6, 6.07) is 1.62. The van der Waals surface area contributed by atoms with Gasteiger partial charge < -0.3 is 24.9 Å². The molecule has 0 unspecified atom stereocenters. The maximum Gasteiger partial charge on any atom is 0.341 e. The van der Waals surface area contributed by atoms with Gasteiger partial charge in [0.1, 0.15) is 23.6 Å². The fraction of sp³-hybridized carbons (Fsp3) is 0.571. The Labute approximate surface area is 123 Å². The number of nitrogens with two attached hydrogens (primary N) is 1. The molecule has 0 saturated carbocycles. The van der Waals surface area contributed by atoms with Gasteiger partial charge in [-0.15, -0.1) is 0 Å². The summed E-state index contributed by atoms with van der Waals surface area (Å²) < 4.78 is 15.6. The van der Waals surface area contributed by atoms with Crippen molar-refractivity contribution in [2.24, 2.45) is 10.7 Å². The molecule has 1 aromatic heterocycles. The van der Waals surface area contributed by atoms with Crippen LogP contribution in [0.1, 0.15) is 34.7 Å². The average molecular weight is 295 g/mol. The number of ether oxygens (including phenoxy) is 2. The zero-order valence-electron chi connectivity index (χ0n) is 12.3. The zero-order chi connectivity index (χ0) is 15.2. The van der Waals surface area contributed by atoms with E-state index in [1.165, 1.54) is 7.11 Å². The molecule has 0 aliphatic carbocycles. The van der Waals surface area contributed by atoms with Crippen molar-refractivity contribution in [3.63, 3.8) is 0 Å². The summed E-state index contributed by atoms with van der Waals surface area (Å²) >= 11 is 0. The Morgan fingerprint density at radius 3 is 3.10 bits per heavy atom. The number of furan rings is 1. The van der Waals surface area contributed by atoms with Crippen LogP contribution in [0.2, 0.25) is 0 Å². The van der Waals surface area contributed by atoms with Crippen LogP contribution < -0.4 is 11.1 Å². The summed E-state index contributed by atoms with van der Waals surface area (Å²) in [6.45, 7) is 3.44. The molecular weight excluding hydrogens is 274 g/mol. The van der Waals surface area contributed by atoms with Crippen molar-refractivity contribution in [1.82, 2.24) is 5.32 Å². The van der Waals surface area contributed by atoms with Gasteiger partial charge in [-0.05, 0) is 25.8 Å². The Kier molecular flexibility index (Phi) is 5.21. The van der Waals surface area contributed by atoms with E-state index in [0.29, 0.717) is 29.6 Å². The molecule has 1 aromatic rings. The number of methoxy groups -OCH3 is 1. The van der Waals surface area contributed by atoms with Crippen LogP contribution in [-0.4, -0.2) is 38.3 Å². The van der Waals surface area contributed by atoms with E-state index in [2.05, 4.69) is 15.0 Å². The smallest absolute Gasteiger partial charge is 0.341 e. The normalized spacial score (nSPS) is 18.8. The molecule has 21 heavy (non-hydrogen) atoms. The number of esters is 1. The number of rotatable bonds is 5. The molecule has 2 rings (SSSR count). The monoisotopic (exact) mass is 295 g/mol. The molecular formula is C14H21N3O4. The molecule has 1 fully saturated rings. The van der Waals surface area contributed by atoms with E-state index in [4.69, 9.17) is 14.9 Å². The highest BCUT2D eigenvalue weighted by atomic mass is 16.5. The maximum absolute atomic E-state index is 11.5. The number of carbonyl (C=O) groups excluding carboxylic acids is 1. The number of hydrogen-bond donors (Lipinski definition) is 2. The second-order valence-corrected chi connectivity index (χ2v) is 4.89. The lowest BCUT2D eigenvalue weighted by molar-refractivity contribution is 0.0599. The third kappa shape index (κ3) is 4.22. The van der Waals surface area contributed by atoms with E-state index >= 15 is 0 Å². The molecule has 3 N–H and O–H groups in total. The van der Waals surface area contributed by atoms with Crippen molar-refractivity contribution in [1.29, 1.82) is 0 Å². The van der Waals surface area contributed by atoms with Gasteiger partial charge >= 0.3 is 5.97 Å². The first kappa shape index (κ1) is 15.4. The highest BCUT2D eigenvalue weighted by Crippen LogP contribution is 2.16. The lowest BCUT2D eigenvalue weighted by atomic mass is 10.2. The van der Waals surface area contributed by atoms with Crippen molar-refractivity contribution in [2.75, 3.05) is 20.3 Å². The number of hydrogen-bond acceptors (Lipinski definition) is 5. The maximum atomic E-state index is 11.5. The van der Waals surface area contributed by atoms with Crippen LogP contribution in [0.4, 0.5) is 0 Å². The minimum atomic E-state index is -0.420. The fourth-order valence-corrected chi connectivity index (χ4v) is 2.18. The largest absolute Gasteiger partial charge is 0.465 e. The first-order chi connectivity index (χ1) is 10.1. The van der Waals surface area contributed by atoms with Gasteiger partial charge in [0.2, 0.25) is 0 Å². The molecule has 0 bridgehead atoms. The molecule has 7 nitrogen and oxygen atoms in total. The van der Waals surface area contributed by atoms with E-state index < -0.39 is 5.97 Å². The minimum absolute atomic E-state index is 0.204. The van der Waals surface area contributed by atoms with Crippen LogP contribution >= 0.6 is 0 Å². The Morgan fingerprint density at radius 1 is 1.62 bits per heavy atom. The average Bonchev–Trinajstić information content (AvgIpc) is 3.11. The summed E-state index contributed by atoms with van der Waals surface area (Å²) in [4.78, 5) is 15.6. The first-order valence-corrected chi connectivity index (χ1v) is 6.93. The van der Waals surface area contributed by atoms with Crippen LogP contribution in [-0.2, 0) is 16.0 Å². The van der Waals surface area contributed by atoms with Crippen LogP contribution in [0.15, 0.2) is 15.5 Å². The number of aryl methyl sites for hydroxylation is 1. The number of aliphatic imine (C=N–C) groups is 1. The molecule has 116 valence electrons. The van der Waals surface area contributed by atoms with Gasteiger partial charge in [-0.3, -0.25) is 0 Å². The van der Waals surface area contributed by atoms with Crippen molar-refractivity contribution in [3.8, 4) is 0 Å². The van der Waals surface area contributed by atoms with E-state index in [1.807, 2.05) is 0 Å². The first-order valence-electron chi connectivity index (χ1n) is 6.93. The van der Waals surface area contributed by atoms with E-state index in [-0.39, 0.29) is 12.6 Å². The topological polar surface area (TPSA) is 99.1 Å². The molecule has 0 aromatic carbocycles. The molecule has 1 saturated heterocycles. The third-order valence-corrected chi connectivity index (χ3v) is 3.31. The highest BCUT2D eigenvalue weighted by Gasteiger charge is 2.16. The lowest BCUT2D eigenvalue weighted by Crippen LogP contribution is -2.37. The quantitative estimate of drug-likeness (QED) is 0.477. The predicted octanol–water partition coefficient (Wildman–Crippen LogP) is 0.958. The van der Waals surface area contributed by atoms with Crippen molar-refractivity contribution in [2.45, 2.75) is 32.4 Å². The van der Waals surface area contributed by atoms with Crippen molar-refractivity contribution < 1.29 is 18.7 Å². The van der Waals surface area contributed by atoms with Gasteiger partial charge in [-0.25, -0.2) is 9.79 Å². The van der Waals surface area contributed by atoms with Crippen LogP contribution in [0.25, 0.3) is 0 Å². The number of nitrogens with one attached hydrogen (secondary N) is 1. The lowest BCUT2D eigenvalue weighted by Gasteiger charge is -2.10. The Bertz CT molecular complexity index is 518. The van der Waals surface area contributed by atoms with Gasteiger partial charge in [0.15, 0.2) is 5.96 Å². The standard InChI is InChI=1S/C14H21N3O4/c1-9-12(13(18)19-2)6-11(21-9)8-17-14(15)16-7-10-4-3-5-20-10/h6,10H,3-5,7-8H2,1-2H3,(H3,15,16,17)/t10-/m1/s1. The van der Waals surface area contributed by atoms with Crippen LogP contribution in [0, 0.1) is 6.92 Å². The zero-order valence-corrected chi connectivity index (χ0v) is 12.3. The van der Waals surface area contributed by atoms with Gasteiger partial charge in [0.25, 0.3) is 0 Å².